The van der Waals surface area contributed by atoms with Crippen molar-refractivity contribution in [3.05, 3.63) is 22.7 Å². The zero-order chi connectivity index (χ0) is 11.7. The summed E-state index contributed by atoms with van der Waals surface area (Å²) < 4.78 is 1.03. The monoisotopic (exact) mass is 301 g/mol. The van der Waals surface area contributed by atoms with Gasteiger partial charge in [-0.05, 0) is 35.0 Å². The molecule has 0 saturated heterocycles. The van der Waals surface area contributed by atoms with Crippen LogP contribution in [0.15, 0.2) is 27.6 Å². The molecule has 0 aliphatic carbocycles. The average Bonchev–Trinajstić information content (AvgIpc) is 2.20. The summed E-state index contributed by atoms with van der Waals surface area (Å²) in [6, 6.07) is 6.12. The molecule has 86 valence electrons. The lowest BCUT2D eigenvalue weighted by Crippen LogP contribution is -2.33. The van der Waals surface area contributed by atoms with Crippen LogP contribution in [0.2, 0.25) is 0 Å². The Balaban J connectivity index is 2.25. The summed E-state index contributed by atoms with van der Waals surface area (Å²) >= 11 is 5.12. The Morgan fingerprint density at radius 1 is 1.62 bits per heavy atom. The summed E-state index contributed by atoms with van der Waals surface area (Å²) in [6.07, 6.45) is 0.185. The number of carbonyl (C=O) groups is 1. The number of fused-ring (bicyclic) bond motifs is 1. The van der Waals surface area contributed by atoms with Crippen LogP contribution in [-0.2, 0) is 4.79 Å². The maximum absolute atomic E-state index is 10.7. The van der Waals surface area contributed by atoms with Gasteiger partial charge in [0.2, 0.25) is 0 Å². The summed E-state index contributed by atoms with van der Waals surface area (Å²) in [6.45, 7) is 2.02. The van der Waals surface area contributed by atoms with Crippen molar-refractivity contribution in [2.45, 2.75) is 29.5 Å². The van der Waals surface area contributed by atoms with Gasteiger partial charge < -0.3 is 10.4 Å². The minimum atomic E-state index is -0.746. The zero-order valence-corrected chi connectivity index (χ0v) is 11.1. The fourth-order valence-corrected chi connectivity index (χ4v) is 3.60. The Morgan fingerprint density at radius 2 is 2.38 bits per heavy atom. The molecule has 1 aliphatic heterocycles. The molecule has 2 unspecified atom stereocenters. The molecule has 1 aromatic rings. The molecule has 2 atom stereocenters. The molecule has 1 aliphatic rings. The molecule has 16 heavy (non-hydrogen) atoms. The maximum Gasteiger partial charge on any atom is 0.304 e. The van der Waals surface area contributed by atoms with Crippen LogP contribution in [0, 0.1) is 0 Å². The van der Waals surface area contributed by atoms with Gasteiger partial charge in [0.15, 0.2) is 0 Å². The second-order valence-electron chi connectivity index (χ2n) is 3.80. The number of hydrogen-bond donors (Lipinski definition) is 2. The van der Waals surface area contributed by atoms with Crippen LogP contribution in [0.25, 0.3) is 0 Å². The number of thioether (sulfide) groups is 1. The lowest BCUT2D eigenvalue weighted by molar-refractivity contribution is -0.137. The Hall–Kier alpha value is -0.680. The van der Waals surface area contributed by atoms with Crippen LogP contribution in [0.4, 0.5) is 5.69 Å². The first-order valence-corrected chi connectivity index (χ1v) is 6.68. The quantitative estimate of drug-likeness (QED) is 0.881. The van der Waals surface area contributed by atoms with Crippen molar-refractivity contribution in [3.8, 4) is 0 Å². The summed E-state index contributed by atoms with van der Waals surface area (Å²) in [5.74, 6) is -0.746. The molecule has 5 heteroatoms. The highest BCUT2D eigenvalue weighted by molar-refractivity contribution is 9.10. The van der Waals surface area contributed by atoms with Gasteiger partial charge in [-0.3, -0.25) is 4.79 Å². The topological polar surface area (TPSA) is 49.3 Å². The molecule has 2 N–H and O–H groups in total. The third kappa shape index (κ3) is 2.35. The smallest absolute Gasteiger partial charge is 0.304 e. The third-order valence-electron chi connectivity index (χ3n) is 2.56. The minimum absolute atomic E-state index is 0.0827. The van der Waals surface area contributed by atoms with E-state index >= 15 is 0 Å². The first-order chi connectivity index (χ1) is 7.58. The molecule has 0 amide bonds. The number of carboxylic acid groups (broad SMARTS) is 1. The van der Waals surface area contributed by atoms with Gasteiger partial charge in [0.25, 0.3) is 0 Å². The van der Waals surface area contributed by atoms with E-state index in [0.717, 1.165) is 15.1 Å². The van der Waals surface area contributed by atoms with Gasteiger partial charge in [0.1, 0.15) is 0 Å². The molecule has 0 bridgehead atoms. The zero-order valence-electron chi connectivity index (χ0n) is 8.74. The number of anilines is 1. The number of halogens is 1. The molecule has 0 spiro atoms. The molecule has 2 rings (SSSR count). The van der Waals surface area contributed by atoms with E-state index in [4.69, 9.17) is 5.11 Å². The molecule has 3 nitrogen and oxygen atoms in total. The highest BCUT2D eigenvalue weighted by atomic mass is 79.9. The van der Waals surface area contributed by atoms with E-state index in [-0.39, 0.29) is 17.7 Å². The summed E-state index contributed by atoms with van der Waals surface area (Å²) in [5.41, 5.74) is 1.07. The van der Waals surface area contributed by atoms with Gasteiger partial charge in [0.05, 0.1) is 12.1 Å². The van der Waals surface area contributed by atoms with Crippen LogP contribution in [0.3, 0.4) is 0 Å². The summed E-state index contributed by atoms with van der Waals surface area (Å²) in [4.78, 5) is 11.9. The van der Waals surface area contributed by atoms with Crippen molar-refractivity contribution in [1.29, 1.82) is 0 Å². The second kappa shape index (κ2) is 4.67. The number of para-hydroxylation sites is 1. The van der Waals surface area contributed by atoms with E-state index in [9.17, 15) is 4.79 Å². The van der Waals surface area contributed by atoms with Crippen molar-refractivity contribution in [2.75, 3.05) is 5.32 Å². The van der Waals surface area contributed by atoms with E-state index in [1.807, 2.05) is 25.1 Å². The second-order valence-corrected chi connectivity index (χ2v) is 5.94. The molecule has 0 radical (unpaired) electrons. The number of carboxylic acids is 1. The van der Waals surface area contributed by atoms with Crippen molar-refractivity contribution in [1.82, 2.24) is 0 Å². The highest BCUT2D eigenvalue weighted by Crippen LogP contribution is 2.42. The van der Waals surface area contributed by atoms with Crippen molar-refractivity contribution >= 4 is 39.3 Å². The highest BCUT2D eigenvalue weighted by Gasteiger charge is 2.28. The Morgan fingerprint density at radius 3 is 3.06 bits per heavy atom. The normalized spacial score (nSPS) is 23.4. The fourth-order valence-electron chi connectivity index (χ4n) is 1.72. The standard InChI is InChI=1S/C11H12BrNO2S/c1-6-9(5-10(14)15)16-8-4-2-3-7(12)11(8)13-6/h2-4,6,9,13H,5H2,1H3,(H,14,15). The Bertz CT molecular complexity index is 424. The summed E-state index contributed by atoms with van der Waals surface area (Å²) in [5, 5.41) is 12.3. The lowest BCUT2D eigenvalue weighted by Gasteiger charge is -2.31. The van der Waals surface area contributed by atoms with Crippen molar-refractivity contribution < 1.29 is 9.90 Å². The van der Waals surface area contributed by atoms with Gasteiger partial charge in [-0.1, -0.05) is 6.07 Å². The predicted molar refractivity (Wildman–Crippen MR) is 69.1 cm³/mol. The fraction of sp³-hybridized carbons (Fsp3) is 0.364. The minimum Gasteiger partial charge on any atom is -0.481 e. The number of rotatable bonds is 2. The molecule has 0 aromatic heterocycles. The maximum atomic E-state index is 10.7. The number of aliphatic carboxylic acids is 1. The Kier molecular flexibility index (Phi) is 3.44. The third-order valence-corrected chi connectivity index (χ3v) is 4.69. The van der Waals surface area contributed by atoms with Gasteiger partial charge in [-0.25, -0.2) is 0 Å². The van der Waals surface area contributed by atoms with E-state index in [1.54, 1.807) is 11.8 Å². The van der Waals surface area contributed by atoms with E-state index in [1.165, 1.54) is 0 Å². The lowest BCUT2D eigenvalue weighted by atomic mass is 10.1. The number of nitrogens with one attached hydrogen (secondary N) is 1. The SMILES string of the molecule is CC1Nc2c(Br)cccc2SC1CC(=O)O. The predicted octanol–water partition coefficient (Wildman–Crippen LogP) is 3.20. The van der Waals surface area contributed by atoms with Gasteiger partial charge in [-0.15, -0.1) is 11.8 Å². The molecule has 1 aromatic carbocycles. The molecule has 1 heterocycles. The first kappa shape index (κ1) is 11.8. The van der Waals surface area contributed by atoms with Crippen LogP contribution < -0.4 is 5.32 Å². The van der Waals surface area contributed by atoms with Crippen molar-refractivity contribution in [3.63, 3.8) is 0 Å². The van der Waals surface area contributed by atoms with Gasteiger partial charge >= 0.3 is 5.97 Å². The van der Waals surface area contributed by atoms with Gasteiger partial charge in [0, 0.05) is 20.7 Å². The van der Waals surface area contributed by atoms with E-state index in [2.05, 4.69) is 21.2 Å². The van der Waals surface area contributed by atoms with Crippen LogP contribution in [-0.4, -0.2) is 22.4 Å². The number of hydrogen-bond acceptors (Lipinski definition) is 3. The first-order valence-electron chi connectivity index (χ1n) is 5.01. The molecule has 0 saturated carbocycles. The van der Waals surface area contributed by atoms with E-state index < -0.39 is 5.97 Å². The molecular weight excluding hydrogens is 290 g/mol. The number of benzene rings is 1. The van der Waals surface area contributed by atoms with Gasteiger partial charge in [-0.2, -0.15) is 0 Å². The van der Waals surface area contributed by atoms with E-state index in [0.29, 0.717) is 0 Å². The van der Waals surface area contributed by atoms with Crippen molar-refractivity contribution in [2.24, 2.45) is 0 Å². The molecular formula is C11H12BrNO2S. The van der Waals surface area contributed by atoms with Crippen LogP contribution >= 0.6 is 27.7 Å². The molecule has 0 fully saturated rings. The summed E-state index contributed by atoms with van der Waals surface area (Å²) in [7, 11) is 0. The average molecular weight is 302 g/mol. The largest absolute Gasteiger partial charge is 0.481 e. The van der Waals surface area contributed by atoms with Crippen LogP contribution in [0.1, 0.15) is 13.3 Å². The van der Waals surface area contributed by atoms with Crippen LogP contribution in [0.5, 0.6) is 0 Å². The Labute approximate surface area is 107 Å².